The van der Waals surface area contributed by atoms with Crippen molar-refractivity contribution >= 4 is 47.4 Å². The molecule has 0 aliphatic heterocycles. The van der Waals surface area contributed by atoms with Crippen LogP contribution in [0.5, 0.6) is 0 Å². The lowest BCUT2D eigenvalue weighted by atomic mass is 9.33. The summed E-state index contributed by atoms with van der Waals surface area (Å²) >= 11 is 0. The van der Waals surface area contributed by atoms with Gasteiger partial charge in [0, 0.05) is 25.7 Å². The van der Waals surface area contributed by atoms with Crippen LogP contribution in [0.2, 0.25) is 0 Å². The lowest BCUT2D eigenvalue weighted by Crippen LogP contribution is -2.68. The SMILES string of the molecule is CC(=O)O[C@@H]1CC[C@@]2(C)[C@@H](CC[C@]3(C)[C@@H]2C(=O)C=C2[C@@H]4[C@@H](C)[C@H](C)CC[C@]4(C)CC[C@]23C)[C@@]1(C)C(=O)O.CC(=O)O[C@@H]1CC[C@@]2(C)[C@@H](CC[C@]3(C)[C@@H]2CC=C2[C@@H]4[C@@H](C)[C@H](C)CC[C@]4(C)CC[C@]23C)[C@@]1(C)C(=O)O.C[C@H]1[C@H](C)CC[C@]2(C)CC[C@]3(C)C(=CC(=O)[C@@H]4[C@@]5(C)CC[C@@H](O)[C@](C)(C(=O)O)[C@@H]5CC[C@]43C)[C@H]12.C[C@H]1[C@H](C)CC[C@]2(C)CC[C@]3(C)C(=CC[C@@H]4[C@@]5(C)CC[C@@H](O)[C@](C)(C(=O)O)[C@@H]5CC[C@]43C)[C@H]12. The molecule has 20 aliphatic rings. The second-order valence-electron chi connectivity index (χ2n) is 58.9. The Labute approximate surface area is 844 Å². The van der Waals surface area contributed by atoms with Crippen molar-refractivity contribution < 1.29 is 78.5 Å². The van der Waals surface area contributed by atoms with Gasteiger partial charge in [0.15, 0.2) is 11.6 Å². The van der Waals surface area contributed by atoms with E-state index in [1.165, 1.54) is 115 Å². The molecular weight excluding hydrogens is 1750 g/mol. The molecule has 16 saturated carbocycles. The minimum Gasteiger partial charge on any atom is -0.481 e. The Morgan fingerprint density at radius 2 is 0.521 bits per heavy atom. The molecule has 0 aromatic rings. The largest absolute Gasteiger partial charge is 0.481 e. The van der Waals surface area contributed by atoms with E-state index in [1.54, 1.807) is 25.0 Å². The van der Waals surface area contributed by atoms with Crippen LogP contribution in [0, 0.1) is 227 Å². The standard InChI is InChI=1S/C32H48O5.C32H50O4.C30H46O4.C30H48O3/c1-18-9-12-28(4)15-16-30(6)21(25(28)19(18)2)17-22(34)26-29(5)13-11-24(37-20(3)33)32(8,27(35)36)23(29)10-14-31(26,30)7;1-19-11-14-28(4)17-18-30(6)22(26(28)20(19)2)9-10-23-29(5)15-13-25(36-21(3)33)32(8,27(34)35)24(29)12-16-31(23,30)7;1-17-8-11-26(3)14-15-28(5)19(23(26)18(17)2)16-20(31)24-27(4)12-10-22(32)30(7,25(33)34)21(27)9-13-29(24,28)6;1-18-10-13-26(3)16-17-28(5)20(24(26)19(18)2)8-9-21-27(4)14-12-23(31)30(7,25(32)33)22(27)11-15-29(21,28)6/h17-19,23-26H,9-16H2,1-8H3,(H,35,36);9,19-20,23-26H,10-18H2,1-8H3,(H,34,35);16-18,21-24,32H,8-15H2,1-7H3,(H,33,34);8,18-19,21-24,31H,9-17H2,1-7H3,(H,32,33)/t18-,19+,23-,24-,25+,26-,28-,29+,30-,31-,32-;19-,20+,23-,24-,25-,26+,28-,29-,30-,31-,32-;17-,18+,21-,22-,23+,24-,26-,27+,28-,29-,30-;18-,19+,21-,22-,23-,24+,26-,27-,28-,29-,30-/m1111/s1. The number of allylic oxidation sites excluding steroid dienone is 8. The fourth-order valence-electron chi connectivity index (χ4n) is 43.7. The number of esters is 2. The summed E-state index contributed by atoms with van der Waals surface area (Å²) in [5.41, 5.74) is 2.55. The number of carbonyl (C=O) groups is 8. The van der Waals surface area contributed by atoms with Gasteiger partial charge in [-0.25, -0.2) is 0 Å². The highest BCUT2D eigenvalue weighted by molar-refractivity contribution is 5.97. The van der Waals surface area contributed by atoms with Crippen LogP contribution < -0.4 is 0 Å². The summed E-state index contributed by atoms with van der Waals surface area (Å²) in [6.45, 7) is 68.7. The van der Waals surface area contributed by atoms with E-state index in [2.05, 4.69) is 190 Å². The number of carboxylic acids is 4. The van der Waals surface area contributed by atoms with Gasteiger partial charge >= 0.3 is 35.8 Å². The minimum absolute atomic E-state index is 0.0136. The fraction of sp³-hybridized carbons (Fsp3) is 0.871. The molecule has 0 aromatic carbocycles. The number of aliphatic hydroxyl groups is 2. The van der Waals surface area contributed by atoms with Crippen LogP contribution in [-0.4, -0.2) is 102 Å². The number of ketones is 2. The van der Waals surface area contributed by atoms with E-state index in [4.69, 9.17) is 9.47 Å². The van der Waals surface area contributed by atoms with E-state index in [0.29, 0.717) is 102 Å². The van der Waals surface area contributed by atoms with Gasteiger partial charge in [-0.15, -0.1) is 0 Å². The smallest absolute Gasteiger partial charge is 0.313 e. The first-order valence-corrected chi connectivity index (χ1v) is 57.2. The Kier molecular flexibility index (Phi) is 26.0. The molecular formula is C124H192O16. The molecule has 0 amide bonds. The molecule has 784 valence electrons. The quantitative estimate of drug-likeness (QED) is 0.107. The summed E-state index contributed by atoms with van der Waals surface area (Å²) in [6.07, 6.45) is 41.8. The van der Waals surface area contributed by atoms with Gasteiger partial charge in [0.25, 0.3) is 0 Å². The maximum atomic E-state index is 14.4. The average molecular weight is 1940 g/mol. The number of ether oxygens (including phenoxy) is 2. The first-order chi connectivity index (χ1) is 64.6. The third-order valence-electron chi connectivity index (χ3n) is 54.0. The Bertz CT molecular complexity index is 5110. The van der Waals surface area contributed by atoms with Crippen LogP contribution in [-0.2, 0) is 47.8 Å². The molecule has 16 heteroatoms. The van der Waals surface area contributed by atoms with Crippen molar-refractivity contribution in [2.75, 3.05) is 0 Å². The molecule has 20 rings (SSSR count). The summed E-state index contributed by atoms with van der Waals surface area (Å²) in [6, 6.07) is 0. The number of carboxylic acid groups (broad SMARTS) is 4. The molecule has 16 fully saturated rings. The second kappa shape index (κ2) is 34.3. The fourth-order valence-corrected chi connectivity index (χ4v) is 43.7. The summed E-state index contributed by atoms with van der Waals surface area (Å²) < 4.78 is 11.3. The summed E-state index contributed by atoms with van der Waals surface area (Å²) in [5, 5.41) is 63.3. The van der Waals surface area contributed by atoms with Crippen LogP contribution in [0.25, 0.3) is 0 Å². The Hall–Kier alpha value is -4.96. The zero-order valence-electron chi connectivity index (χ0n) is 93.0. The van der Waals surface area contributed by atoms with E-state index in [1.807, 2.05) is 13.8 Å². The summed E-state index contributed by atoms with van der Waals surface area (Å²) in [4.78, 5) is 103. The van der Waals surface area contributed by atoms with Gasteiger partial charge in [0.05, 0.1) is 23.0 Å². The van der Waals surface area contributed by atoms with Crippen molar-refractivity contribution in [3.8, 4) is 0 Å². The maximum Gasteiger partial charge on any atom is 0.313 e. The van der Waals surface area contributed by atoms with Crippen LogP contribution in [0.4, 0.5) is 0 Å². The highest BCUT2D eigenvalue weighted by atomic mass is 16.6. The van der Waals surface area contributed by atoms with Crippen molar-refractivity contribution in [3.63, 3.8) is 0 Å². The van der Waals surface area contributed by atoms with Crippen molar-refractivity contribution in [3.05, 3.63) is 46.6 Å². The lowest BCUT2D eigenvalue weighted by Gasteiger charge is -2.71. The molecule has 0 radical (unpaired) electrons. The van der Waals surface area contributed by atoms with Gasteiger partial charge in [0.1, 0.15) is 23.0 Å². The lowest BCUT2D eigenvalue weighted by molar-refractivity contribution is -0.223. The highest BCUT2D eigenvalue weighted by Crippen LogP contribution is 2.83. The third kappa shape index (κ3) is 14.1. The predicted octanol–water partition coefficient (Wildman–Crippen LogP) is 27.9. The van der Waals surface area contributed by atoms with Crippen molar-refractivity contribution in [1.82, 2.24) is 0 Å². The van der Waals surface area contributed by atoms with Crippen molar-refractivity contribution in [2.45, 2.75) is 450 Å². The van der Waals surface area contributed by atoms with E-state index < -0.39 is 86.8 Å². The Morgan fingerprint density at radius 3 is 0.814 bits per heavy atom. The zero-order valence-corrected chi connectivity index (χ0v) is 93.0. The van der Waals surface area contributed by atoms with E-state index >= 15 is 0 Å². The molecule has 0 aromatic heterocycles. The van der Waals surface area contributed by atoms with Gasteiger partial charge < -0.3 is 40.1 Å². The molecule has 140 heavy (non-hydrogen) atoms. The van der Waals surface area contributed by atoms with E-state index in [0.717, 1.165) is 120 Å². The molecule has 0 saturated heterocycles. The average Bonchev–Trinajstić information content (AvgIpc) is 0.683. The summed E-state index contributed by atoms with van der Waals surface area (Å²) in [5.74, 6) is 4.16. The molecule has 0 spiro atoms. The van der Waals surface area contributed by atoms with Crippen LogP contribution in [0.3, 0.4) is 0 Å². The number of rotatable bonds is 6. The van der Waals surface area contributed by atoms with Crippen LogP contribution in [0.1, 0.15) is 426 Å². The number of aliphatic hydroxyl groups excluding tert-OH is 2. The van der Waals surface area contributed by atoms with Crippen molar-refractivity contribution in [1.29, 1.82) is 0 Å². The highest BCUT2D eigenvalue weighted by Gasteiger charge is 2.78. The Morgan fingerprint density at radius 1 is 0.279 bits per heavy atom. The third-order valence-corrected chi connectivity index (χ3v) is 54.0. The first-order valence-electron chi connectivity index (χ1n) is 57.2. The minimum atomic E-state index is -1.20. The molecule has 0 unspecified atom stereocenters. The monoisotopic (exact) mass is 1940 g/mol. The Balaban J connectivity index is 0.000000129. The molecule has 20 aliphatic carbocycles. The number of aliphatic carboxylic acids is 4. The van der Waals surface area contributed by atoms with Crippen molar-refractivity contribution in [2.24, 2.45) is 227 Å². The molecule has 16 nitrogen and oxygen atoms in total. The van der Waals surface area contributed by atoms with Crippen LogP contribution in [0.15, 0.2) is 46.6 Å². The number of fused-ring (bicyclic) bond motifs is 28. The van der Waals surface area contributed by atoms with Gasteiger partial charge in [-0.2, -0.15) is 0 Å². The van der Waals surface area contributed by atoms with Gasteiger partial charge in [0.2, 0.25) is 0 Å². The molecule has 0 bridgehead atoms. The van der Waals surface area contributed by atoms with E-state index in [9.17, 15) is 69.0 Å². The van der Waals surface area contributed by atoms with Crippen LogP contribution >= 0.6 is 0 Å². The van der Waals surface area contributed by atoms with Gasteiger partial charge in [-0.05, 0) is 451 Å². The number of carbonyl (C=O) groups excluding carboxylic acids is 4. The zero-order chi connectivity index (χ0) is 103. The predicted molar refractivity (Wildman–Crippen MR) is 550 cm³/mol. The van der Waals surface area contributed by atoms with Gasteiger partial charge in [-0.3, -0.25) is 38.4 Å². The first kappa shape index (κ1) is 106. The van der Waals surface area contributed by atoms with E-state index in [-0.39, 0.29) is 118 Å². The molecule has 0 heterocycles. The number of hydrogen-bond acceptors (Lipinski definition) is 12. The van der Waals surface area contributed by atoms with Gasteiger partial charge in [-0.1, -0.05) is 201 Å². The number of hydrogen-bond donors (Lipinski definition) is 6. The molecule has 44 atom stereocenters. The molecule has 6 N–H and O–H groups in total. The summed E-state index contributed by atoms with van der Waals surface area (Å²) in [7, 11) is 0. The second-order valence-corrected chi connectivity index (χ2v) is 58.9. The maximum absolute atomic E-state index is 14.4. The topological polar surface area (TPSA) is 276 Å². The normalized spacial score (nSPS) is 55.5.